The number of piperidine rings is 1. The predicted octanol–water partition coefficient (Wildman–Crippen LogP) is 2.93. The number of hydrogen-bond donors (Lipinski definition) is 0. The highest BCUT2D eigenvalue weighted by Crippen LogP contribution is 2.31. The zero-order valence-electron chi connectivity index (χ0n) is 11.3. The molecule has 0 spiro atoms. The Morgan fingerprint density at radius 3 is 2.37 bits per heavy atom. The van der Waals surface area contributed by atoms with Gasteiger partial charge in [-0.25, -0.2) is 8.42 Å². The van der Waals surface area contributed by atoms with Gasteiger partial charge in [0.25, 0.3) is 0 Å². The quantitative estimate of drug-likeness (QED) is 0.806. The second kappa shape index (κ2) is 5.71. The lowest BCUT2D eigenvalue weighted by Gasteiger charge is -2.35. The summed E-state index contributed by atoms with van der Waals surface area (Å²) in [5.74, 6) is 0.531. The lowest BCUT2D eigenvalue weighted by Crippen LogP contribution is -2.36. The van der Waals surface area contributed by atoms with Crippen molar-refractivity contribution < 1.29 is 8.42 Å². The topological polar surface area (TPSA) is 37.4 Å². The van der Waals surface area contributed by atoms with Gasteiger partial charge in [-0.15, -0.1) is 11.6 Å². The zero-order valence-corrected chi connectivity index (χ0v) is 12.9. The molecule has 1 fully saturated rings. The van der Waals surface area contributed by atoms with Gasteiger partial charge in [0.05, 0.1) is 10.6 Å². The fourth-order valence-electron chi connectivity index (χ4n) is 2.63. The van der Waals surface area contributed by atoms with Crippen LogP contribution in [0.25, 0.3) is 0 Å². The molecule has 3 nitrogen and oxygen atoms in total. The molecule has 1 aliphatic heterocycles. The molecule has 1 heterocycles. The number of alkyl halides is 1. The lowest BCUT2D eigenvalue weighted by molar-refractivity contribution is 0.399. The van der Waals surface area contributed by atoms with Gasteiger partial charge in [-0.3, -0.25) is 0 Å². The predicted molar refractivity (Wildman–Crippen MR) is 79.8 cm³/mol. The first-order chi connectivity index (χ1) is 8.89. The molecule has 0 aliphatic carbocycles. The smallest absolute Gasteiger partial charge is 0.177 e. The summed E-state index contributed by atoms with van der Waals surface area (Å²) in [5.41, 5.74) is 0.825. The number of hydrogen-bond acceptors (Lipinski definition) is 3. The molecule has 5 heteroatoms. The van der Waals surface area contributed by atoms with Gasteiger partial charge < -0.3 is 4.90 Å². The van der Waals surface area contributed by atoms with Crippen molar-refractivity contribution in [3.05, 3.63) is 24.3 Å². The zero-order chi connectivity index (χ0) is 14.0. The number of halogens is 1. The Labute approximate surface area is 120 Å². The normalized spacial score (nSPS) is 19.4. The molecular weight excluding hydrogens is 282 g/mol. The van der Waals surface area contributed by atoms with Crippen molar-refractivity contribution in [1.82, 2.24) is 0 Å². The molecule has 1 saturated heterocycles. The van der Waals surface area contributed by atoms with E-state index < -0.39 is 9.84 Å². The molecule has 0 saturated carbocycles. The van der Waals surface area contributed by atoms with Crippen LogP contribution in [0.1, 0.15) is 19.8 Å². The summed E-state index contributed by atoms with van der Waals surface area (Å²) in [6.07, 6.45) is 3.30. The number of anilines is 1. The maximum absolute atomic E-state index is 11.8. The molecule has 0 amide bonds. The van der Waals surface area contributed by atoms with Crippen molar-refractivity contribution in [1.29, 1.82) is 0 Å². The van der Waals surface area contributed by atoms with Crippen molar-refractivity contribution in [3.8, 4) is 0 Å². The minimum Gasteiger partial charge on any atom is -0.370 e. The van der Waals surface area contributed by atoms with Crippen LogP contribution in [-0.2, 0) is 9.84 Å². The van der Waals surface area contributed by atoms with Crippen molar-refractivity contribution in [3.63, 3.8) is 0 Å². The van der Waals surface area contributed by atoms with Crippen LogP contribution >= 0.6 is 11.6 Å². The number of para-hydroxylation sites is 1. The Bertz CT molecular complexity index is 534. The fourth-order valence-corrected chi connectivity index (χ4v) is 3.79. The third kappa shape index (κ3) is 3.42. The first-order valence-corrected chi connectivity index (χ1v) is 8.90. The van der Waals surface area contributed by atoms with Crippen LogP contribution < -0.4 is 4.90 Å². The molecule has 1 aliphatic rings. The number of nitrogens with zero attached hydrogens (tertiary/aromatic N) is 1. The second-order valence-electron chi connectivity index (χ2n) is 5.24. The Morgan fingerprint density at radius 2 is 1.84 bits per heavy atom. The summed E-state index contributed by atoms with van der Waals surface area (Å²) in [4.78, 5) is 2.58. The number of sulfone groups is 1. The van der Waals surface area contributed by atoms with Crippen LogP contribution in [0.5, 0.6) is 0 Å². The minimum absolute atomic E-state index is 0.187. The van der Waals surface area contributed by atoms with Crippen LogP contribution in [0, 0.1) is 5.92 Å². The monoisotopic (exact) mass is 301 g/mol. The van der Waals surface area contributed by atoms with E-state index >= 15 is 0 Å². The van der Waals surface area contributed by atoms with Crippen molar-refractivity contribution in [2.45, 2.75) is 30.0 Å². The van der Waals surface area contributed by atoms with Gasteiger partial charge in [-0.05, 0) is 37.8 Å². The largest absolute Gasteiger partial charge is 0.370 e. The number of rotatable bonds is 3. The highest BCUT2D eigenvalue weighted by Gasteiger charge is 2.25. The van der Waals surface area contributed by atoms with E-state index in [-0.39, 0.29) is 5.38 Å². The van der Waals surface area contributed by atoms with Gasteiger partial charge in [-0.1, -0.05) is 12.1 Å². The molecule has 19 heavy (non-hydrogen) atoms. The molecule has 1 aromatic carbocycles. The highest BCUT2D eigenvalue weighted by atomic mass is 35.5. The van der Waals surface area contributed by atoms with Crippen molar-refractivity contribution in [2.24, 2.45) is 5.92 Å². The van der Waals surface area contributed by atoms with Gasteiger partial charge in [0.1, 0.15) is 0 Å². The van der Waals surface area contributed by atoms with Crippen LogP contribution in [-0.4, -0.2) is 33.1 Å². The second-order valence-corrected chi connectivity index (χ2v) is 7.91. The Kier molecular flexibility index (Phi) is 4.41. The Balaban J connectivity index is 2.21. The van der Waals surface area contributed by atoms with Crippen LogP contribution in [0.2, 0.25) is 0 Å². The van der Waals surface area contributed by atoms with Gasteiger partial charge >= 0.3 is 0 Å². The van der Waals surface area contributed by atoms with E-state index in [4.69, 9.17) is 11.6 Å². The molecule has 106 valence electrons. The molecular formula is C14H20ClNO2S. The van der Waals surface area contributed by atoms with Gasteiger partial charge in [0.2, 0.25) is 0 Å². The molecule has 1 atom stereocenters. The van der Waals surface area contributed by atoms with E-state index in [0.29, 0.717) is 10.8 Å². The van der Waals surface area contributed by atoms with Crippen LogP contribution in [0.3, 0.4) is 0 Å². The Morgan fingerprint density at radius 1 is 1.26 bits per heavy atom. The fraction of sp³-hybridized carbons (Fsp3) is 0.571. The average molecular weight is 302 g/mol. The van der Waals surface area contributed by atoms with E-state index in [1.807, 2.05) is 19.1 Å². The lowest BCUT2D eigenvalue weighted by atomic mass is 9.94. The molecule has 0 aromatic heterocycles. The van der Waals surface area contributed by atoms with E-state index in [0.717, 1.165) is 31.6 Å². The summed E-state index contributed by atoms with van der Waals surface area (Å²) in [5, 5.41) is 0.187. The van der Waals surface area contributed by atoms with Gasteiger partial charge in [0.15, 0.2) is 9.84 Å². The molecule has 0 radical (unpaired) electrons. The van der Waals surface area contributed by atoms with E-state index in [9.17, 15) is 8.42 Å². The SMILES string of the molecule is CC(Cl)C1CCN(c2ccccc2S(C)(=O)=O)CC1. The van der Waals surface area contributed by atoms with Crippen molar-refractivity contribution >= 4 is 27.1 Å². The number of benzene rings is 1. The third-order valence-corrected chi connectivity index (χ3v) is 5.30. The van der Waals surface area contributed by atoms with Gasteiger partial charge in [0, 0.05) is 24.7 Å². The summed E-state index contributed by atoms with van der Waals surface area (Å²) in [6, 6.07) is 7.23. The highest BCUT2D eigenvalue weighted by molar-refractivity contribution is 7.90. The third-order valence-electron chi connectivity index (χ3n) is 3.79. The first-order valence-electron chi connectivity index (χ1n) is 6.57. The molecule has 0 bridgehead atoms. The summed E-state index contributed by atoms with van der Waals surface area (Å²) in [7, 11) is -3.18. The summed E-state index contributed by atoms with van der Waals surface area (Å²) < 4.78 is 23.6. The van der Waals surface area contributed by atoms with E-state index in [1.165, 1.54) is 6.26 Å². The van der Waals surface area contributed by atoms with Gasteiger partial charge in [-0.2, -0.15) is 0 Å². The molecule has 0 N–H and O–H groups in total. The van der Waals surface area contributed by atoms with Crippen molar-refractivity contribution in [2.75, 3.05) is 24.2 Å². The summed E-state index contributed by atoms with van der Waals surface area (Å²) in [6.45, 7) is 3.77. The standard InChI is InChI=1S/C14H20ClNO2S/c1-11(15)12-7-9-16(10-8-12)13-5-3-4-6-14(13)19(2,17)18/h3-6,11-12H,7-10H2,1-2H3. The van der Waals surface area contributed by atoms with E-state index in [2.05, 4.69) is 4.90 Å². The Hall–Kier alpha value is -0.740. The van der Waals surface area contributed by atoms with Crippen LogP contribution in [0.4, 0.5) is 5.69 Å². The molecule has 1 aromatic rings. The van der Waals surface area contributed by atoms with E-state index in [1.54, 1.807) is 12.1 Å². The minimum atomic E-state index is -3.18. The maximum Gasteiger partial charge on any atom is 0.177 e. The maximum atomic E-state index is 11.8. The average Bonchev–Trinajstić information content (AvgIpc) is 2.38. The molecule has 2 rings (SSSR count). The summed E-state index contributed by atoms with van der Waals surface area (Å²) >= 11 is 6.14. The first kappa shape index (κ1) is 14.7. The van der Waals surface area contributed by atoms with Crippen LogP contribution in [0.15, 0.2) is 29.2 Å². The molecule has 1 unspecified atom stereocenters.